The fourth-order valence-electron chi connectivity index (χ4n) is 2.10. The summed E-state index contributed by atoms with van der Waals surface area (Å²) in [5, 5.41) is 2.73. The van der Waals surface area contributed by atoms with Gasteiger partial charge in [-0.3, -0.25) is 9.59 Å². The summed E-state index contributed by atoms with van der Waals surface area (Å²) < 4.78 is 5.07. The molecular weight excluding hydrogens is 312 g/mol. The first kappa shape index (κ1) is 17.1. The zero-order valence-electron chi connectivity index (χ0n) is 13.3. The third-order valence-corrected chi connectivity index (χ3v) is 4.12. The highest BCUT2D eigenvalue weighted by Gasteiger charge is 2.15. The topological polar surface area (TPSA) is 59.5 Å². The molecule has 0 N–H and O–H groups in total. The maximum Gasteiger partial charge on any atom is 0.312 e. The Labute approximate surface area is 139 Å². The van der Waals surface area contributed by atoms with Crippen molar-refractivity contribution < 1.29 is 14.3 Å². The Bertz CT molecular complexity index is 655. The lowest BCUT2D eigenvalue weighted by Gasteiger charge is -2.20. The summed E-state index contributed by atoms with van der Waals surface area (Å²) >= 11 is 1.49. The number of aryl methyl sites for hydroxylation is 1. The van der Waals surface area contributed by atoms with Crippen molar-refractivity contribution in [1.29, 1.82) is 0 Å². The van der Waals surface area contributed by atoms with Gasteiger partial charge in [-0.25, -0.2) is 4.98 Å². The van der Waals surface area contributed by atoms with Crippen molar-refractivity contribution in [2.75, 3.05) is 13.2 Å². The monoisotopic (exact) mass is 332 g/mol. The molecule has 0 spiro atoms. The molecule has 23 heavy (non-hydrogen) atoms. The van der Waals surface area contributed by atoms with E-state index in [1.54, 1.807) is 4.90 Å². The standard InChI is InChI=1S/C17H20N2O3S/c1-3-19(10-14-7-5-4-6-8-14)16(20)11-22-17(21)9-15-12-23-13(2)18-15/h4-8,12H,3,9-11H2,1-2H3. The van der Waals surface area contributed by atoms with E-state index in [9.17, 15) is 9.59 Å². The van der Waals surface area contributed by atoms with Gasteiger partial charge in [-0.05, 0) is 19.4 Å². The maximum atomic E-state index is 12.2. The Balaban J connectivity index is 1.81. The van der Waals surface area contributed by atoms with E-state index in [2.05, 4.69) is 4.98 Å². The number of hydrogen-bond acceptors (Lipinski definition) is 5. The number of aromatic nitrogens is 1. The summed E-state index contributed by atoms with van der Waals surface area (Å²) in [6, 6.07) is 9.73. The van der Waals surface area contributed by atoms with Crippen LogP contribution in [0.4, 0.5) is 0 Å². The van der Waals surface area contributed by atoms with E-state index in [4.69, 9.17) is 4.74 Å². The lowest BCUT2D eigenvalue weighted by molar-refractivity contribution is -0.151. The highest BCUT2D eigenvalue weighted by atomic mass is 32.1. The molecule has 0 aliphatic heterocycles. The smallest absolute Gasteiger partial charge is 0.312 e. The Morgan fingerprint density at radius 3 is 2.61 bits per heavy atom. The average Bonchev–Trinajstić information content (AvgIpc) is 2.96. The molecule has 1 aromatic heterocycles. The van der Waals surface area contributed by atoms with Crippen LogP contribution in [0, 0.1) is 6.92 Å². The molecule has 0 atom stereocenters. The quantitative estimate of drug-likeness (QED) is 0.731. The van der Waals surface area contributed by atoms with Crippen LogP contribution in [0.25, 0.3) is 0 Å². The van der Waals surface area contributed by atoms with Crippen LogP contribution in [0.2, 0.25) is 0 Å². The first-order valence-corrected chi connectivity index (χ1v) is 8.34. The van der Waals surface area contributed by atoms with Crippen molar-refractivity contribution in [1.82, 2.24) is 9.88 Å². The molecule has 122 valence electrons. The number of ether oxygens (including phenoxy) is 1. The van der Waals surface area contributed by atoms with E-state index in [1.165, 1.54) is 11.3 Å². The third-order valence-electron chi connectivity index (χ3n) is 3.30. The fourth-order valence-corrected chi connectivity index (χ4v) is 2.71. The van der Waals surface area contributed by atoms with Crippen LogP contribution in [-0.4, -0.2) is 34.9 Å². The van der Waals surface area contributed by atoms with E-state index >= 15 is 0 Å². The van der Waals surface area contributed by atoms with Crippen LogP contribution in [-0.2, 0) is 27.3 Å². The van der Waals surface area contributed by atoms with Gasteiger partial charge in [0.25, 0.3) is 5.91 Å². The number of amides is 1. The third kappa shape index (κ3) is 5.49. The van der Waals surface area contributed by atoms with Gasteiger partial charge >= 0.3 is 5.97 Å². The summed E-state index contributed by atoms with van der Waals surface area (Å²) in [4.78, 5) is 29.8. The van der Waals surface area contributed by atoms with Crippen molar-refractivity contribution in [3.63, 3.8) is 0 Å². The number of carbonyl (C=O) groups is 2. The molecule has 0 radical (unpaired) electrons. The Morgan fingerprint density at radius 2 is 2.00 bits per heavy atom. The second-order valence-electron chi connectivity index (χ2n) is 5.09. The summed E-state index contributed by atoms with van der Waals surface area (Å²) in [6.45, 7) is 4.63. The van der Waals surface area contributed by atoms with Crippen molar-refractivity contribution >= 4 is 23.2 Å². The van der Waals surface area contributed by atoms with Gasteiger partial charge in [0.1, 0.15) is 0 Å². The first-order chi connectivity index (χ1) is 11.1. The van der Waals surface area contributed by atoms with Crippen LogP contribution in [0.5, 0.6) is 0 Å². The summed E-state index contributed by atoms with van der Waals surface area (Å²) in [6.07, 6.45) is 0.0996. The van der Waals surface area contributed by atoms with Crippen molar-refractivity contribution in [2.45, 2.75) is 26.8 Å². The molecule has 1 heterocycles. The summed E-state index contributed by atoms with van der Waals surface area (Å²) in [7, 11) is 0. The SMILES string of the molecule is CCN(Cc1ccccc1)C(=O)COC(=O)Cc1csc(C)n1. The van der Waals surface area contributed by atoms with E-state index in [1.807, 2.05) is 49.6 Å². The highest BCUT2D eigenvalue weighted by Crippen LogP contribution is 2.09. The number of carbonyl (C=O) groups excluding carboxylic acids is 2. The second-order valence-corrected chi connectivity index (χ2v) is 6.15. The molecule has 2 rings (SSSR count). The zero-order chi connectivity index (χ0) is 16.7. The van der Waals surface area contributed by atoms with Gasteiger partial charge < -0.3 is 9.64 Å². The van der Waals surface area contributed by atoms with Gasteiger partial charge in [-0.2, -0.15) is 0 Å². The molecule has 0 saturated carbocycles. The zero-order valence-corrected chi connectivity index (χ0v) is 14.1. The molecule has 0 aliphatic carbocycles. The van der Waals surface area contributed by atoms with Crippen molar-refractivity contribution in [3.05, 3.63) is 52.0 Å². The molecule has 0 saturated heterocycles. The van der Waals surface area contributed by atoms with Gasteiger partial charge in [0.2, 0.25) is 0 Å². The minimum Gasteiger partial charge on any atom is -0.455 e. The lowest BCUT2D eigenvalue weighted by atomic mass is 10.2. The Hall–Kier alpha value is -2.21. The van der Waals surface area contributed by atoms with Crippen molar-refractivity contribution in [3.8, 4) is 0 Å². The second kappa shape index (κ2) is 8.43. The number of esters is 1. The largest absolute Gasteiger partial charge is 0.455 e. The summed E-state index contributed by atoms with van der Waals surface area (Å²) in [5.41, 5.74) is 1.73. The lowest BCUT2D eigenvalue weighted by Crippen LogP contribution is -2.34. The van der Waals surface area contributed by atoms with Crippen LogP contribution in [0.15, 0.2) is 35.7 Å². The number of thiazole rings is 1. The molecule has 0 aliphatic rings. The molecule has 0 fully saturated rings. The maximum absolute atomic E-state index is 12.2. The minimum absolute atomic E-state index is 0.0996. The molecule has 1 amide bonds. The van der Waals surface area contributed by atoms with Gasteiger partial charge in [0.15, 0.2) is 6.61 Å². The van der Waals surface area contributed by atoms with Gasteiger partial charge in [0.05, 0.1) is 17.1 Å². The molecule has 2 aromatic rings. The predicted molar refractivity (Wildman–Crippen MR) is 89.0 cm³/mol. The first-order valence-electron chi connectivity index (χ1n) is 7.46. The van der Waals surface area contributed by atoms with Gasteiger partial charge in [-0.1, -0.05) is 30.3 Å². The van der Waals surface area contributed by atoms with Crippen LogP contribution >= 0.6 is 11.3 Å². The van der Waals surface area contributed by atoms with E-state index in [0.717, 1.165) is 10.6 Å². The fraction of sp³-hybridized carbons (Fsp3) is 0.353. The minimum atomic E-state index is -0.431. The number of rotatable bonds is 7. The number of hydrogen-bond donors (Lipinski definition) is 0. The molecule has 0 unspecified atom stereocenters. The molecule has 1 aromatic carbocycles. The van der Waals surface area contributed by atoms with Gasteiger partial charge in [-0.15, -0.1) is 11.3 Å². The Kier molecular flexibility index (Phi) is 6.29. The average molecular weight is 332 g/mol. The number of benzene rings is 1. The van der Waals surface area contributed by atoms with Crippen LogP contribution < -0.4 is 0 Å². The summed E-state index contributed by atoms with van der Waals surface area (Å²) in [5.74, 6) is -0.626. The molecule has 5 nitrogen and oxygen atoms in total. The van der Waals surface area contributed by atoms with Crippen LogP contribution in [0.1, 0.15) is 23.2 Å². The Morgan fingerprint density at radius 1 is 1.26 bits per heavy atom. The van der Waals surface area contributed by atoms with Crippen molar-refractivity contribution in [2.24, 2.45) is 0 Å². The van der Waals surface area contributed by atoms with Gasteiger partial charge in [0, 0.05) is 18.5 Å². The van der Waals surface area contributed by atoms with E-state index in [-0.39, 0.29) is 18.9 Å². The van der Waals surface area contributed by atoms with Crippen LogP contribution in [0.3, 0.4) is 0 Å². The molecule has 6 heteroatoms. The van der Waals surface area contributed by atoms with E-state index in [0.29, 0.717) is 18.8 Å². The normalized spacial score (nSPS) is 10.3. The highest BCUT2D eigenvalue weighted by molar-refractivity contribution is 7.09. The number of likely N-dealkylation sites (N-methyl/N-ethyl adjacent to an activating group) is 1. The van der Waals surface area contributed by atoms with E-state index < -0.39 is 5.97 Å². The molecule has 0 bridgehead atoms. The molecular formula is C17H20N2O3S. The predicted octanol–water partition coefficient (Wildman–Crippen LogP) is 2.59. The number of nitrogens with zero attached hydrogens (tertiary/aromatic N) is 2.